The molecule has 0 atom stereocenters. The van der Waals surface area contributed by atoms with Crippen LogP contribution in [0.5, 0.6) is 0 Å². The van der Waals surface area contributed by atoms with Crippen molar-refractivity contribution in [1.29, 1.82) is 0 Å². The number of carbonyl (C=O) groups is 1. The molecule has 5 nitrogen and oxygen atoms in total. The van der Waals surface area contributed by atoms with Crippen LogP contribution in [0, 0.1) is 5.95 Å². The van der Waals surface area contributed by atoms with Crippen molar-refractivity contribution in [3.05, 3.63) is 29.8 Å². The Bertz CT molecular complexity index is 386. The molecule has 3 N–H and O–H groups in total. The number of nitrogens with zero attached hydrogens (tertiary/aromatic N) is 2. The number of amides is 1. The quantitative estimate of drug-likeness (QED) is 0.683. The molecule has 0 aliphatic heterocycles. The molecule has 0 saturated carbocycles. The van der Waals surface area contributed by atoms with Gasteiger partial charge in [0, 0.05) is 44.0 Å². The minimum absolute atomic E-state index is 0.282. The van der Waals surface area contributed by atoms with Crippen LogP contribution in [0.4, 0.5) is 4.39 Å². The number of hydrogen-bond donors (Lipinski definition) is 2. The number of aromatic nitrogens is 1. The minimum Gasteiger partial charge on any atom is -0.351 e. The molecule has 0 aromatic carbocycles. The summed E-state index contributed by atoms with van der Waals surface area (Å²) in [5, 5.41) is 2.73. The third-order valence-electron chi connectivity index (χ3n) is 2.59. The van der Waals surface area contributed by atoms with Crippen LogP contribution in [0.2, 0.25) is 0 Å². The number of nitrogens with one attached hydrogen (secondary N) is 1. The van der Waals surface area contributed by atoms with Gasteiger partial charge in [-0.15, -0.1) is 0 Å². The van der Waals surface area contributed by atoms with Crippen molar-refractivity contribution in [1.82, 2.24) is 15.2 Å². The lowest BCUT2D eigenvalue weighted by atomic mass is 10.2. The summed E-state index contributed by atoms with van der Waals surface area (Å²) in [5.74, 6) is -0.943. The molecule has 0 saturated heterocycles. The summed E-state index contributed by atoms with van der Waals surface area (Å²) in [7, 11) is 0. The maximum atomic E-state index is 12.8. The van der Waals surface area contributed by atoms with E-state index in [0.29, 0.717) is 13.1 Å². The zero-order chi connectivity index (χ0) is 13.4. The number of pyridine rings is 1. The van der Waals surface area contributed by atoms with Crippen molar-refractivity contribution in [2.75, 3.05) is 32.7 Å². The Hall–Kier alpha value is -1.53. The van der Waals surface area contributed by atoms with Crippen molar-refractivity contribution in [3.63, 3.8) is 0 Å². The minimum atomic E-state index is -0.652. The van der Waals surface area contributed by atoms with Gasteiger partial charge in [-0.05, 0) is 12.6 Å². The lowest BCUT2D eigenvalue weighted by molar-refractivity contribution is 0.0948. The molecule has 18 heavy (non-hydrogen) atoms. The van der Waals surface area contributed by atoms with Gasteiger partial charge in [-0.2, -0.15) is 4.39 Å². The molecule has 1 aromatic rings. The van der Waals surface area contributed by atoms with E-state index in [9.17, 15) is 9.18 Å². The van der Waals surface area contributed by atoms with Gasteiger partial charge >= 0.3 is 0 Å². The predicted molar refractivity (Wildman–Crippen MR) is 67.7 cm³/mol. The topological polar surface area (TPSA) is 71.2 Å². The van der Waals surface area contributed by atoms with Gasteiger partial charge in [0.2, 0.25) is 5.95 Å². The number of rotatable bonds is 7. The summed E-state index contributed by atoms with van der Waals surface area (Å²) in [5.41, 5.74) is 5.75. The van der Waals surface area contributed by atoms with E-state index in [-0.39, 0.29) is 11.5 Å². The van der Waals surface area contributed by atoms with Crippen molar-refractivity contribution in [3.8, 4) is 0 Å². The van der Waals surface area contributed by atoms with Crippen molar-refractivity contribution < 1.29 is 9.18 Å². The van der Waals surface area contributed by atoms with Crippen LogP contribution in [0.15, 0.2) is 18.3 Å². The normalized spacial score (nSPS) is 10.7. The molecule has 1 aromatic heterocycles. The zero-order valence-electron chi connectivity index (χ0n) is 10.5. The summed E-state index contributed by atoms with van der Waals surface area (Å²) in [6.45, 7) is 5.56. The molecule has 100 valence electrons. The Morgan fingerprint density at radius 1 is 1.56 bits per heavy atom. The highest BCUT2D eigenvalue weighted by atomic mass is 19.1. The van der Waals surface area contributed by atoms with Gasteiger partial charge < -0.3 is 16.0 Å². The maximum absolute atomic E-state index is 12.8. The summed E-state index contributed by atoms with van der Waals surface area (Å²) in [4.78, 5) is 17.2. The van der Waals surface area contributed by atoms with E-state index < -0.39 is 5.95 Å². The predicted octanol–water partition coefficient (Wildman–Crippen LogP) is 0.231. The van der Waals surface area contributed by atoms with Gasteiger partial charge in [0.25, 0.3) is 5.91 Å². The standard InChI is InChI=1S/C12H19FN4O/c1-2-17(7-4-14)8-6-16-12(18)10-3-5-15-11(13)9-10/h3,5,9H,2,4,6-8,14H2,1H3,(H,16,18). The summed E-state index contributed by atoms with van der Waals surface area (Å²) >= 11 is 0. The molecule has 6 heteroatoms. The fraction of sp³-hybridized carbons (Fsp3) is 0.500. The second kappa shape index (κ2) is 7.73. The number of carbonyl (C=O) groups excluding carboxylic acids is 1. The first kappa shape index (κ1) is 14.5. The summed E-state index contributed by atoms with van der Waals surface area (Å²) in [6.07, 6.45) is 1.27. The summed E-state index contributed by atoms with van der Waals surface area (Å²) < 4.78 is 12.8. The number of likely N-dealkylation sites (N-methyl/N-ethyl adjacent to an activating group) is 1. The first-order valence-corrected chi connectivity index (χ1v) is 5.99. The van der Waals surface area contributed by atoms with Crippen LogP contribution in [0.25, 0.3) is 0 Å². The zero-order valence-corrected chi connectivity index (χ0v) is 10.5. The first-order chi connectivity index (χ1) is 8.67. The van der Waals surface area contributed by atoms with Crippen LogP contribution < -0.4 is 11.1 Å². The van der Waals surface area contributed by atoms with Crippen LogP contribution in [-0.4, -0.2) is 48.5 Å². The molecule has 0 spiro atoms. The Labute approximate surface area is 106 Å². The van der Waals surface area contributed by atoms with E-state index in [1.807, 2.05) is 6.92 Å². The Kier molecular flexibility index (Phi) is 6.24. The monoisotopic (exact) mass is 254 g/mol. The van der Waals surface area contributed by atoms with Gasteiger partial charge in [-0.3, -0.25) is 4.79 Å². The number of halogens is 1. The lowest BCUT2D eigenvalue weighted by Crippen LogP contribution is -2.37. The Morgan fingerprint density at radius 2 is 2.33 bits per heavy atom. The third kappa shape index (κ3) is 4.77. The molecule has 1 amide bonds. The van der Waals surface area contributed by atoms with E-state index in [2.05, 4.69) is 15.2 Å². The smallest absolute Gasteiger partial charge is 0.251 e. The fourth-order valence-corrected chi connectivity index (χ4v) is 1.58. The number of hydrogen-bond acceptors (Lipinski definition) is 4. The van der Waals surface area contributed by atoms with Gasteiger partial charge in [-0.1, -0.05) is 6.92 Å². The molecule has 0 radical (unpaired) electrons. The second-order valence-corrected chi connectivity index (χ2v) is 3.85. The van der Waals surface area contributed by atoms with Crippen LogP contribution in [0.1, 0.15) is 17.3 Å². The van der Waals surface area contributed by atoms with Crippen LogP contribution >= 0.6 is 0 Å². The molecular weight excluding hydrogens is 235 g/mol. The maximum Gasteiger partial charge on any atom is 0.251 e. The van der Waals surface area contributed by atoms with Crippen LogP contribution in [-0.2, 0) is 0 Å². The van der Waals surface area contributed by atoms with E-state index >= 15 is 0 Å². The molecule has 1 rings (SSSR count). The largest absolute Gasteiger partial charge is 0.351 e. The van der Waals surface area contributed by atoms with E-state index in [4.69, 9.17) is 5.73 Å². The van der Waals surface area contributed by atoms with Gasteiger partial charge in [0.15, 0.2) is 0 Å². The first-order valence-electron chi connectivity index (χ1n) is 5.99. The molecule has 0 aliphatic rings. The molecule has 0 unspecified atom stereocenters. The SMILES string of the molecule is CCN(CCN)CCNC(=O)c1ccnc(F)c1. The van der Waals surface area contributed by atoms with E-state index in [1.165, 1.54) is 12.3 Å². The highest BCUT2D eigenvalue weighted by Crippen LogP contribution is 1.99. The average Bonchev–Trinajstić information content (AvgIpc) is 2.37. The second-order valence-electron chi connectivity index (χ2n) is 3.85. The van der Waals surface area contributed by atoms with Gasteiger partial charge in [0.05, 0.1) is 0 Å². The third-order valence-corrected chi connectivity index (χ3v) is 2.59. The van der Waals surface area contributed by atoms with E-state index in [0.717, 1.165) is 25.7 Å². The van der Waals surface area contributed by atoms with Gasteiger partial charge in [0.1, 0.15) is 0 Å². The van der Waals surface area contributed by atoms with Crippen molar-refractivity contribution in [2.24, 2.45) is 5.73 Å². The molecular formula is C12H19FN4O. The van der Waals surface area contributed by atoms with Crippen molar-refractivity contribution in [2.45, 2.75) is 6.92 Å². The average molecular weight is 254 g/mol. The van der Waals surface area contributed by atoms with Gasteiger partial charge in [-0.25, -0.2) is 4.98 Å². The Morgan fingerprint density at radius 3 is 2.94 bits per heavy atom. The fourth-order valence-electron chi connectivity index (χ4n) is 1.58. The Balaban J connectivity index is 2.37. The van der Waals surface area contributed by atoms with Crippen LogP contribution in [0.3, 0.4) is 0 Å². The molecule has 1 heterocycles. The highest BCUT2D eigenvalue weighted by Gasteiger charge is 2.07. The lowest BCUT2D eigenvalue weighted by Gasteiger charge is -2.19. The number of nitrogens with two attached hydrogens (primary N) is 1. The molecule has 0 fully saturated rings. The van der Waals surface area contributed by atoms with Crippen molar-refractivity contribution >= 4 is 5.91 Å². The summed E-state index contributed by atoms with van der Waals surface area (Å²) in [6, 6.07) is 2.60. The molecule has 0 bridgehead atoms. The molecule has 0 aliphatic carbocycles. The van der Waals surface area contributed by atoms with E-state index in [1.54, 1.807) is 0 Å². The highest BCUT2D eigenvalue weighted by molar-refractivity contribution is 5.93.